The van der Waals surface area contributed by atoms with Gasteiger partial charge in [0.25, 0.3) is 0 Å². The third-order valence-electron chi connectivity index (χ3n) is 10.3. The van der Waals surface area contributed by atoms with Gasteiger partial charge in [-0.1, -0.05) is 56.5 Å². The number of pyridine rings is 1. The van der Waals surface area contributed by atoms with Gasteiger partial charge in [0.05, 0.1) is 6.04 Å². The summed E-state index contributed by atoms with van der Waals surface area (Å²) in [5.41, 5.74) is 2.40. The first kappa shape index (κ1) is 33.8. The fourth-order valence-electron chi connectivity index (χ4n) is 7.42. The predicted molar refractivity (Wildman–Crippen MR) is 176 cm³/mol. The normalized spacial score (nSPS) is 22.5. The first-order chi connectivity index (χ1) is 21.5. The molecule has 0 radical (unpaired) electrons. The number of halogens is 3. The largest absolute Gasteiger partial charge is 0.428 e. The second-order valence-corrected chi connectivity index (χ2v) is 14.8. The van der Waals surface area contributed by atoms with E-state index in [2.05, 4.69) is 46.6 Å². The van der Waals surface area contributed by atoms with E-state index in [-0.39, 0.29) is 34.0 Å². The van der Waals surface area contributed by atoms with E-state index in [1.165, 1.54) is 12.6 Å². The van der Waals surface area contributed by atoms with E-state index in [9.17, 15) is 4.79 Å². The van der Waals surface area contributed by atoms with Gasteiger partial charge in [-0.2, -0.15) is 0 Å². The predicted octanol–water partition coefficient (Wildman–Crippen LogP) is 8.49. The number of hydrogen-bond acceptors (Lipinski definition) is 6. The molecule has 0 saturated heterocycles. The van der Waals surface area contributed by atoms with Gasteiger partial charge >= 0.3 is 0 Å². The summed E-state index contributed by atoms with van der Waals surface area (Å²) >= 11 is 12.6. The minimum atomic E-state index is -0.700. The highest BCUT2D eigenvalue weighted by molar-refractivity contribution is 6.30. The molecule has 2 aliphatic rings. The number of benzene rings is 1. The van der Waals surface area contributed by atoms with Crippen molar-refractivity contribution in [3.63, 3.8) is 0 Å². The van der Waals surface area contributed by atoms with Crippen molar-refractivity contribution in [3.8, 4) is 0 Å². The van der Waals surface area contributed by atoms with Gasteiger partial charge in [-0.25, -0.2) is 9.37 Å². The molecule has 0 unspecified atom stereocenters. The summed E-state index contributed by atoms with van der Waals surface area (Å²) in [5.74, 6) is -0.375. The van der Waals surface area contributed by atoms with Crippen molar-refractivity contribution in [2.75, 3.05) is 0 Å². The lowest BCUT2D eigenvalue weighted by atomic mass is 9.67. The molecule has 45 heavy (non-hydrogen) atoms. The molecule has 0 aliphatic heterocycles. The molecule has 1 amide bonds. The Labute approximate surface area is 276 Å². The monoisotopic (exact) mass is 657 g/mol. The van der Waals surface area contributed by atoms with Gasteiger partial charge in [-0.05, 0) is 111 Å². The van der Waals surface area contributed by atoms with Crippen molar-refractivity contribution in [2.45, 2.75) is 128 Å². The minimum absolute atomic E-state index is 0.00261. The average molecular weight is 659 g/mol. The van der Waals surface area contributed by atoms with E-state index in [1.807, 2.05) is 25.1 Å². The van der Waals surface area contributed by atoms with Crippen LogP contribution in [0.3, 0.4) is 0 Å². The second kappa shape index (κ2) is 14.5. The molecule has 3 aromatic rings. The molecular formula is C35H46Cl2FN5O2. The van der Waals surface area contributed by atoms with Crippen LogP contribution in [0.1, 0.15) is 119 Å². The number of aryl methyl sites for hydroxylation is 1. The summed E-state index contributed by atoms with van der Waals surface area (Å²) in [7, 11) is 0. The first-order valence-corrected chi connectivity index (χ1v) is 17.1. The number of carbonyl (C=O) groups excluding carboxylic acids is 1. The van der Waals surface area contributed by atoms with E-state index in [0.717, 1.165) is 75.3 Å². The molecule has 0 spiro atoms. The summed E-state index contributed by atoms with van der Waals surface area (Å²) in [4.78, 5) is 18.6. The Morgan fingerprint density at radius 2 is 1.84 bits per heavy atom. The Kier molecular flexibility index (Phi) is 10.9. The van der Waals surface area contributed by atoms with Crippen LogP contribution < -0.4 is 10.6 Å². The number of hydrogen-bond donors (Lipinski definition) is 2. The van der Waals surface area contributed by atoms with Gasteiger partial charge in [0.1, 0.15) is 0 Å². The Balaban J connectivity index is 1.49. The SMILES string of the molecule is CCCC1(N[C@@H](C(=O)N[C@H]2CC[C@H](c3nnco3)CC2)[C@@H](Cc2ccc(Cl)cc2C)c2ccnc(Cl)c2F)CCC(C)(C)CC1. The Bertz CT molecular complexity index is 1430. The number of carbonyl (C=O) groups is 1. The summed E-state index contributed by atoms with van der Waals surface area (Å²) in [6, 6.07) is 6.71. The molecule has 2 heterocycles. The van der Waals surface area contributed by atoms with E-state index in [4.69, 9.17) is 27.6 Å². The molecule has 1 aromatic carbocycles. The molecule has 2 aliphatic carbocycles. The number of nitrogens with zero attached hydrogens (tertiary/aromatic N) is 3. The van der Waals surface area contributed by atoms with Crippen LogP contribution in [-0.4, -0.2) is 38.7 Å². The molecule has 2 N–H and O–H groups in total. The minimum Gasteiger partial charge on any atom is -0.428 e. The number of rotatable bonds is 11. The highest BCUT2D eigenvalue weighted by atomic mass is 35.5. The molecular weight excluding hydrogens is 612 g/mol. The average Bonchev–Trinajstić information content (AvgIpc) is 3.55. The first-order valence-electron chi connectivity index (χ1n) is 16.4. The smallest absolute Gasteiger partial charge is 0.238 e. The lowest BCUT2D eigenvalue weighted by Crippen LogP contribution is -2.60. The molecule has 2 fully saturated rings. The maximum atomic E-state index is 15.9. The Morgan fingerprint density at radius 3 is 2.49 bits per heavy atom. The van der Waals surface area contributed by atoms with Crippen LogP contribution in [0.5, 0.6) is 0 Å². The topological polar surface area (TPSA) is 92.9 Å². The Hall–Kier alpha value is -2.55. The van der Waals surface area contributed by atoms with E-state index < -0.39 is 17.8 Å². The van der Waals surface area contributed by atoms with Gasteiger partial charge in [0.2, 0.25) is 18.2 Å². The van der Waals surface area contributed by atoms with Crippen molar-refractivity contribution in [1.29, 1.82) is 0 Å². The fourth-order valence-corrected chi connectivity index (χ4v) is 7.81. The van der Waals surface area contributed by atoms with Gasteiger partial charge < -0.3 is 9.73 Å². The van der Waals surface area contributed by atoms with Crippen molar-refractivity contribution in [3.05, 3.63) is 75.4 Å². The molecule has 10 heteroatoms. The van der Waals surface area contributed by atoms with Crippen molar-refractivity contribution in [2.24, 2.45) is 5.41 Å². The molecule has 2 atom stereocenters. The zero-order valence-corrected chi connectivity index (χ0v) is 28.4. The summed E-state index contributed by atoms with van der Waals surface area (Å²) in [5, 5.41) is 15.7. The van der Waals surface area contributed by atoms with Gasteiger partial charge in [-0.3, -0.25) is 10.1 Å². The highest BCUT2D eigenvalue weighted by Crippen LogP contribution is 2.44. The number of nitrogens with one attached hydrogen (secondary N) is 2. The van der Waals surface area contributed by atoms with Crippen molar-refractivity contribution >= 4 is 29.1 Å². The maximum absolute atomic E-state index is 15.9. The van der Waals surface area contributed by atoms with Crippen LogP contribution in [0.25, 0.3) is 0 Å². The van der Waals surface area contributed by atoms with Crippen molar-refractivity contribution in [1.82, 2.24) is 25.8 Å². The second-order valence-electron chi connectivity index (χ2n) is 14.0. The van der Waals surface area contributed by atoms with Crippen molar-refractivity contribution < 1.29 is 13.6 Å². The van der Waals surface area contributed by atoms with E-state index in [0.29, 0.717) is 22.9 Å². The zero-order chi connectivity index (χ0) is 32.2. The fraction of sp³-hybridized carbons (Fsp3) is 0.600. The lowest BCUT2D eigenvalue weighted by molar-refractivity contribution is -0.125. The summed E-state index contributed by atoms with van der Waals surface area (Å²) in [6.45, 7) is 8.83. The van der Waals surface area contributed by atoms with Gasteiger partial charge in [-0.15, -0.1) is 10.2 Å². The van der Waals surface area contributed by atoms with Crippen LogP contribution in [0.15, 0.2) is 41.3 Å². The standard InChI is InChI=1S/C35H46Cl2FN5O2/c1-5-13-35(16-14-34(3,4)15-17-35)42-30(32(44)41-26-10-7-23(8-11-26)33-43-40-21-45-33)28(27-12-18-39-31(37)29(27)38)20-24-6-9-25(36)19-22(24)2/h6,9,12,18-19,21,23,26,28,30,42H,5,7-8,10-11,13-17,20H2,1-4H3,(H,41,44)/t23-,26-,28-,30+/m0/s1. The number of amides is 1. The maximum Gasteiger partial charge on any atom is 0.238 e. The summed E-state index contributed by atoms with van der Waals surface area (Å²) in [6.07, 6.45) is 12.6. The van der Waals surface area contributed by atoms with E-state index >= 15 is 4.39 Å². The zero-order valence-electron chi connectivity index (χ0n) is 26.8. The molecule has 2 saturated carbocycles. The lowest BCUT2D eigenvalue weighted by Gasteiger charge is -2.47. The van der Waals surface area contributed by atoms with Gasteiger partial charge in [0.15, 0.2) is 11.0 Å². The van der Waals surface area contributed by atoms with Crippen LogP contribution in [0.2, 0.25) is 10.2 Å². The van der Waals surface area contributed by atoms with Crippen LogP contribution >= 0.6 is 23.2 Å². The highest BCUT2D eigenvalue weighted by Gasteiger charge is 2.43. The third-order valence-corrected chi connectivity index (χ3v) is 10.8. The molecule has 244 valence electrons. The quantitative estimate of drug-likeness (QED) is 0.201. The third kappa shape index (κ3) is 8.25. The van der Waals surface area contributed by atoms with Crippen LogP contribution in [-0.2, 0) is 11.2 Å². The summed E-state index contributed by atoms with van der Waals surface area (Å²) < 4.78 is 21.4. The van der Waals surface area contributed by atoms with Crippen LogP contribution in [0.4, 0.5) is 4.39 Å². The molecule has 0 bridgehead atoms. The molecule has 7 nitrogen and oxygen atoms in total. The van der Waals surface area contributed by atoms with E-state index in [1.54, 1.807) is 6.07 Å². The Morgan fingerprint density at radius 1 is 1.11 bits per heavy atom. The van der Waals surface area contributed by atoms with Gasteiger partial charge in [0, 0.05) is 34.6 Å². The molecule has 2 aromatic heterocycles. The number of aromatic nitrogens is 3. The molecule has 5 rings (SSSR count). The van der Waals surface area contributed by atoms with Crippen LogP contribution in [0, 0.1) is 18.2 Å².